The van der Waals surface area contributed by atoms with Crippen molar-refractivity contribution in [3.63, 3.8) is 0 Å². The summed E-state index contributed by atoms with van der Waals surface area (Å²) in [4.78, 5) is 24.2. The van der Waals surface area contributed by atoms with Crippen molar-refractivity contribution >= 4 is 11.9 Å². The minimum atomic E-state index is -0.919. The summed E-state index contributed by atoms with van der Waals surface area (Å²) in [6.07, 6.45) is 0. The van der Waals surface area contributed by atoms with Crippen LogP contribution in [-0.4, -0.2) is 45.7 Å². The van der Waals surface area contributed by atoms with Crippen LogP contribution in [0.15, 0.2) is 6.07 Å². The average Bonchev–Trinajstić information content (AvgIpc) is 2.76. The summed E-state index contributed by atoms with van der Waals surface area (Å²) in [5.74, 6) is -1.80. The van der Waals surface area contributed by atoms with Crippen molar-refractivity contribution in [2.75, 3.05) is 13.6 Å². The van der Waals surface area contributed by atoms with E-state index in [1.54, 1.807) is 20.0 Å². The van der Waals surface area contributed by atoms with Crippen molar-refractivity contribution in [2.45, 2.75) is 33.1 Å². The summed E-state index contributed by atoms with van der Waals surface area (Å²) in [5, 5.41) is 15.7. The van der Waals surface area contributed by atoms with E-state index in [1.807, 2.05) is 20.8 Å². The van der Waals surface area contributed by atoms with Crippen molar-refractivity contribution < 1.29 is 14.7 Å². The number of nitrogens with zero attached hydrogens (tertiary/aromatic N) is 2. The Morgan fingerprint density at radius 3 is 2.47 bits per heavy atom. The van der Waals surface area contributed by atoms with Gasteiger partial charge in [-0.25, -0.2) is 0 Å². The van der Waals surface area contributed by atoms with Crippen LogP contribution in [0.1, 0.15) is 43.9 Å². The van der Waals surface area contributed by atoms with Gasteiger partial charge in [-0.1, -0.05) is 27.7 Å². The van der Waals surface area contributed by atoms with Crippen LogP contribution in [-0.2, 0) is 10.2 Å². The molecule has 1 rings (SSSR count). The standard InChI is InChI=1S/C13H21N3O3/c1-8(12(18)19)7-16(5)11(17)9-6-10(15-14-9)13(2,3)4/h6,8H,7H2,1-5H3,(H,14,15)(H,18,19)/t8-/m1/s1. The molecule has 0 saturated heterocycles. The normalized spacial score (nSPS) is 13.1. The van der Waals surface area contributed by atoms with Gasteiger partial charge in [-0.3, -0.25) is 14.7 Å². The second-order valence-corrected chi connectivity index (χ2v) is 5.84. The van der Waals surface area contributed by atoms with Crippen LogP contribution < -0.4 is 0 Å². The van der Waals surface area contributed by atoms with Gasteiger partial charge in [-0.05, 0) is 6.07 Å². The number of hydrogen-bond donors (Lipinski definition) is 2. The Morgan fingerprint density at radius 1 is 1.47 bits per heavy atom. The van der Waals surface area contributed by atoms with E-state index in [0.29, 0.717) is 5.69 Å². The molecule has 1 atom stereocenters. The number of carboxylic acid groups (broad SMARTS) is 1. The van der Waals surface area contributed by atoms with Crippen molar-refractivity contribution in [3.05, 3.63) is 17.5 Å². The van der Waals surface area contributed by atoms with Crippen LogP contribution in [0.3, 0.4) is 0 Å². The monoisotopic (exact) mass is 267 g/mol. The lowest BCUT2D eigenvalue weighted by atomic mass is 9.92. The van der Waals surface area contributed by atoms with E-state index in [0.717, 1.165) is 5.69 Å². The van der Waals surface area contributed by atoms with E-state index in [1.165, 1.54) is 4.90 Å². The number of aromatic nitrogens is 2. The summed E-state index contributed by atoms with van der Waals surface area (Å²) in [7, 11) is 1.58. The molecule has 0 bridgehead atoms. The van der Waals surface area contributed by atoms with Gasteiger partial charge in [0, 0.05) is 24.7 Å². The van der Waals surface area contributed by atoms with E-state index < -0.39 is 11.9 Å². The fourth-order valence-corrected chi connectivity index (χ4v) is 1.58. The smallest absolute Gasteiger partial charge is 0.308 e. The predicted octanol–water partition coefficient (Wildman–Crippen LogP) is 1.50. The number of carboxylic acids is 1. The summed E-state index contributed by atoms with van der Waals surface area (Å²) in [6, 6.07) is 1.71. The third-order valence-corrected chi connectivity index (χ3v) is 2.92. The maximum absolute atomic E-state index is 12.1. The van der Waals surface area contributed by atoms with E-state index in [2.05, 4.69) is 10.2 Å². The number of aliphatic carboxylic acids is 1. The van der Waals surface area contributed by atoms with Crippen LogP contribution >= 0.6 is 0 Å². The van der Waals surface area contributed by atoms with E-state index in [4.69, 9.17) is 5.11 Å². The lowest BCUT2D eigenvalue weighted by molar-refractivity contribution is -0.141. The molecule has 0 aliphatic carbocycles. The molecule has 0 saturated carbocycles. The maximum Gasteiger partial charge on any atom is 0.308 e. The SMILES string of the molecule is C[C@H](CN(C)C(=O)c1cc(C(C)(C)C)[nH]n1)C(=O)O. The predicted molar refractivity (Wildman–Crippen MR) is 71.0 cm³/mol. The minimum Gasteiger partial charge on any atom is -0.481 e. The van der Waals surface area contributed by atoms with Crippen LogP contribution in [0.4, 0.5) is 0 Å². The fraction of sp³-hybridized carbons (Fsp3) is 0.615. The van der Waals surface area contributed by atoms with Crippen molar-refractivity contribution in [1.29, 1.82) is 0 Å². The highest BCUT2D eigenvalue weighted by molar-refractivity contribution is 5.92. The molecule has 0 spiro atoms. The molecule has 0 aliphatic heterocycles. The number of carbonyl (C=O) groups excluding carboxylic acids is 1. The molecular formula is C13H21N3O3. The number of aromatic amines is 1. The zero-order valence-electron chi connectivity index (χ0n) is 12.0. The van der Waals surface area contributed by atoms with E-state index in [9.17, 15) is 9.59 Å². The Bertz CT molecular complexity index is 474. The Morgan fingerprint density at radius 2 is 2.05 bits per heavy atom. The van der Waals surface area contributed by atoms with Gasteiger partial charge in [-0.2, -0.15) is 5.10 Å². The highest BCUT2D eigenvalue weighted by Crippen LogP contribution is 2.20. The number of H-pyrrole nitrogens is 1. The topological polar surface area (TPSA) is 86.3 Å². The maximum atomic E-state index is 12.1. The first kappa shape index (κ1) is 15.2. The van der Waals surface area contributed by atoms with Gasteiger partial charge in [0.05, 0.1) is 5.92 Å². The molecule has 2 N–H and O–H groups in total. The van der Waals surface area contributed by atoms with Crippen molar-refractivity contribution in [1.82, 2.24) is 15.1 Å². The molecule has 1 aromatic heterocycles. The molecule has 0 fully saturated rings. The number of carbonyl (C=O) groups is 2. The van der Waals surface area contributed by atoms with Gasteiger partial charge in [0.15, 0.2) is 0 Å². The Balaban J connectivity index is 2.78. The largest absolute Gasteiger partial charge is 0.481 e. The van der Waals surface area contributed by atoms with Gasteiger partial charge in [-0.15, -0.1) is 0 Å². The molecule has 1 heterocycles. The third kappa shape index (κ3) is 3.81. The van der Waals surface area contributed by atoms with E-state index in [-0.39, 0.29) is 17.9 Å². The van der Waals surface area contributed by atoms with Crippen LogP contribution in [0, 0.1) is 5.92 Å². The molecule has 19 heavy (non-hydrogen) atoms. The summed E-state index contributed by atoms with van der Waals surface area (Å²) in [6.45, 7) is 7.78. The lowest BCUT2D eigenvalue weighted by Crippen LogP contribution is -2.33. The second-order valence-electron chi connectivity index (χ2n) is 5.84. The minimum absolute atomic E-state index is 0.113. The van der Waals surface area contributed by atoms with Gasteiger partial charge >= 0.3 is 5.97 Å². The average molecular weight is 267 g/mol. The number of amides is 1. The fourth-order valence-electron chi connectivity index (χ4n) is 1.58. The van der Waals surface area contributed by atoms with Crippen molar-refractivity contribution in [3.8, 4) is 0 Å². The van der Waals surface area contributed by atoms with Crippen LogP contribution in [0.25, 0.3) is 0 Å². The molecule has 0 radical (unpaired) electrons. The molecule has 6 heteroatoms. The molecule has 6 nitrogen and oxygen atoms in total. The zero-order valence-corrected chi connectivity index (χ0v) is 12.0. The first-order valence-corrected chi connectivity index (χ1v) is 6.17. The number of rotatable bonds is 4. The first-order chi connectivity index (χ1) is 8.62. The van der Waals surface area contributed by atoms with Crippen molar-refractivity contribution in [2.24, 2.45) is 5.92 Å². The highest BCUT2D eigenvalue weighted by Gasteiger charge is 2.23. The van der Waals surface area contributed by atoms with Crippen LogP contribution in [0.5, 0.6) is 0 Å². The number of hydrogen-bond acceptors (Lipinski definition) is 3. The summed E-state index contributed by atoms with van der Waals surface area (Å²) < 4.78 is 0. The molecule has 0 unspecified atom stereocenters. The zero-order chi connectivity index (χ0) is 14.8. The lowest BCUT2D eigenvalue weighted by Gasteiger charge is -2.18. The Labute approximate surface area is 112 Å². The molecule has 106 valence electrons. The number of nitrogens with one attached hydrogen (secondary N) is 1. The Kier molecular flexibility index (Phi) is 4.34. The summed E-state index contributed by atoms with van der Waals surface area (Å²) in [5.41, 5.74) is 1.07. The van der Waals surface area contributed by atoms with E-state index >= 15 is 0 Å². The van der Waals surface area contributed by atoms with Gasteiger partial charge in [0.2, 0.25) is 0 Å². The van der Waals surface area contributed by atoms with Crippen LogP contribution in [0.2, 0.25) is 0 Å². The summed E-state index contributed by atoms with van der Waals surface area (Å²) >= 11 is 0. The van der Waals surface area contributed by atoms with Gasteiger partial charge in [0.1, 0.15) is 5.69 Å². The second kappa shape index (κ2) is 5.42. The molecule has 0 aliphatic rings. The Hall–Kier alpha value is -1.85. The third-order valence-electron chi connectivity index (χ3n) is 2.92. The molecule has 0 aromatic carbocycles. The van der Waals surface area contributed by atoms with Gasteiger partial charge in [0.25, 0.3) is 5.91 Å². The molecular weight excluding hydrogens is 246 g/mol. The quantitative estimate of drug-likeness (QED) is 0.865. The molecule has 1 aromatic rings. The van der Waals surface area contributed by atoms with Gasteiger partial charge < -0.3 is 10.0 Å². The highest BCUT2D eigenvalue weighted by atomic mass is 16.4. The molecule has 1 amide bonds. The first-order valence-electron chi connectivity index (χ1n) is 6.17.